The standard InChI is InChI=1S/C18H26N2O3/c1-20(2)17(23)18(10-6-7-11-18)13-19-16(22)12-15(21)14-8-4-3-5-9-14/h3-5,8-9,15,21H,6-7,10-13H2,1-2H3,(H,19,22). The molecule has 2 N–H and O–H groups in total. The lowest BCUT2D eigenvalue weighted by Gasteiger charge is -2.31. The van der Waals surface area contributed by atoms with Gasteiger partial charge in [-0.1, -0.05) is 43.2 Å². The maximum absolute atomic E-state index is 12.4. The first-order chi connectivity index (χ1) is 10.9. The molecule has 1 unspecified atom stereocenters. The molecule has 1 aromatic carbocycles. The SMILES string of the molecule is CN(C)C(=O)C1(CNC(=O)CC(O)c2ccccc2)CCCC1. The highest BCUT2D eigenvalue weighted by atomic mass is 16.3. The average Bonchev–Trinajstić information content (AvgIpc) is 3.03. The smallest absolute Gasteiger partial charge is 0.230 e. The second-order valence-electron chi connectivity index (χ2n) is 6.59. The largest absolute Gasteiger partial charge is 0.388 e. The van der Waals surface area contributed by atoms with Gasteiger partial charge in [0, 0.05) is 20.6 Å². The Balaban J connectivity index is 1.91. The summed E-state index contributed by atoms with van der Waals surface area (Å²) in [4.78, 5) is 26.2. The van der Waals surface area contributed by atoms with Crippen LogP contribution >= 0.6 is 0 Å². The Morgan fingerprint density at radius 2 is 1.83 bits per heavy atom. The number of aliphatic hydroxyl groups is 1. The molecule has 1 aromatic rings. The molecule has 0 aromatic heterocycles. The van der Waals surface area contributed by atoms with Gasteiger partial charge in [0.05, 0.1) is 17.9 Å². The van der Waals surface area contributed by atoms with Crippen molar-refractivity contribution in [3.8, 4) is 0 Å². The molecule has 1 aliphatic rings. The van der Waals surface area contributed by atoms with Crippen LogP contribution in [0.25, 0.3) is 0 Å². The zero-order valence-electron chi connectivity index (χ0n) is 13.9. The summed E-state index contributed by atoms with van der Waals surface area (Å²) in [7, 11) is 3.51. The molecule has 1 aliphatic carbocycles. The van der Waals surface area contributed by atoms with E-state index in [-0.39, 0.29) is 18.2 Å². The van der Waals surface area contributed by atoms with Gasteiger partial charge in [0.15, 0.2) is 0 Å². The molecule has 1 saturated carbocycles. The minimum Gasteiger partial charge on any atom is -0.388 e. The lowest BCUT2D eigenvalue weighted by Crippen LogP contribution is -2.46. The van der Waals surface area contributed by atoms with Gasteiger partial charge in [-0.15, -0.1) is 0 Å². The van der Waals surface area contributed by atoms with Gasteiger partial charge in [-0.3, -0.25) is 9.59 Å². The Morgan fingerprint density at radius 3 is 2.39 bits per heavy atom. The minimum absolute atomic E-state index is 0.0102. The number of hydrogen-bond donors (Lipinski definition) is 2. The van der Waals surface area contributed by atoms with E-state index in [1.54, 1.807) is 31.1 Å². The van der Waals surface area contributed by atoms with E-state index in [2.05, 4.69) is 5.32 Å². The molecule has 0 radical (unpaired) electrons. The van der Waals surface area contributed by atoms with Crippen LogP contribution in [0, 0.1) is 5.41 Å². The van der Waals surface area contributed by atoms with Crippen molar-refractivity contribution in [2.24, 2.45) is 5.41 Å². The molecule has 0 spiro atoms. The Kier molecular flexibility index (Phi) is 5.77. The number of amides is 2. The third-order valence-corrected chi connectivity index (χ3v) is 4.61. The minimum atomic E-state index is -0.819. The van der Waals surface area contributed by atoms with Crippen LogP contribution in [0.3, 0.4) is 0 Å². The topological polar surface area (TPSA) is 69.6 Å². The van der Waals surface area contributed by atoms with Gasteiger partial charge in [0.25, 0.3) is 0 Å². The predicted octanol–water partition coefficient (Wildman–Crippen LogP) is 1.87. The number of nitrogens with zero attached hydrogens (tertiary/aromatic N) is 1. The summed E-state index contributed by atoms with van der Waals surface area (Å²) in [6, 6.07) is 9.13. The number of rotatable bonds is 6. The van der Waals surface area contributed by atoms with E-state index in [9.17, 15) is 14.7 Å². The number of hydrogen-bond acceptors (Lipinski definition) is 3. The van der Waals surface area contributed by atoms with Gasteiger partial charge in [-0.05, 0) is 18.4 Å². The number of carbonyl (C=O) groups excluding carboxylic acids is 2. The van der Waals surface area contributed by atoms with Crippen LogP contribution in [0.15, 0.2) is 30.3 Å². The van der Waals surface area contributed by atoms with E-state index >= 15 is 0 Å². The second-order valence-corrected chi connectivity index (χ2v) is 6.59. The molecule has 0 saturated heterocycles. The van der Waals surface area contributed by atoms with E-state index in [0.29, 0.717) is 6.54 Å². The molecular formula is C18H26N2O3. The molecule has 2 amide bonds. The first-order valence-corrected chi connectivity index (χ1v) is 8.16. The summed E-state index contributed by atoms with van der Waals surface area (Å²) in [5, 5.41) is 13.0. The molecule has 23 heavy (non-hydrogen) atoms. The highest BCUT2D eigenvalue weighted by molar-refractivity contribution is 5.84. The van der Waals surface area contributed by atoms with Crippen molar-refractivity contribution in [1.82, 2.24) is 10.2 Å². The molecule has 1 fully saturated rings. The Morgan fingerprint density at radius 1 is 1.22 bits per heavy atom. The normalized spacial score (nSPS) is 17.5. The lowest BCUT2D eigenvalue weighted by atomic mass is 9.84. The van der Waals surface area contributed by atoms with Crippen LogP contribution in [0.5, 0.6) is 0 Å². The van der Waals surface area contributed by atoms with E-state index < -0.39 is 11.5 Å². The summed E-state index contributed by atoms with van der Waals surface area (Å²) in [5.41, 5.74) is 0.249. The van der Waals surface area contributed by atoms with Crippen LogP contribution in [0.4, 0.5) is 0 Å². The second kappa shape index (κ2) is 7.59. The van der Waals surface area contributed by atoms with Crippen molar-refractivity contribution in [3.63, 3.8) is 0 Å². The number of nitrogens with one attached hydrogen (secondary N) is 1. The Labute approximate surface area is 137 Å². The quantitative estimate of drug-likeness (QED) is 0.841. The van der Waals surface area contributed by atoms with Crippen LogP contribution in [0.2, 0.25) is 0 Å². The van der Waals surface area contributed by atoms with E-state index in [1.165, 1.54) is 0 Å². The van der Waals surface area contributed by atoms with E-state index in [4.69, 9.17) is 0 Å². The van der Waals surface area contributed by atoms with Crippen molar-refractivity contribution in [2.75, 3.05) is 20.6 Å². The predicted molar refractivity (Wildman–Crippen MR) is 88.6 cm³/mol. The summed E-state index contributed by atoms with van der Waals surface area (Å²) in [6.07, 6.45) is 2.84. The van der Waals surface area contributed by atoms with Crippen molar-refractivity contribution in [2.45, 2.75) is 38.2 Å². The molecule has 0 bridgehead atoms. The van der Waals surface area contributed by atoms with Gasteiger partial charge in [-0.25, -0.2) is 0 Å². The summed E-state index contributed by atoms with van der Waals surface area (Å²) in [6.45, 7) is 0.352. The fraction of sp³-hybridized carbons (Fsp3) is 0.556. The molecule has 0 aliphatic heterocycles. The van der Waals surface area contributed by atoms with Gasteiger partial charge in [-0.2, -0.15) is 0 Å². The van der Waals surface area contributed by atoms with Crippen LogP contribution in [-0.2, 0) is 9.59 Å². The van der Waals surface area contributed by atoms with E-state index in [1.807, 2.05) is 18.2 Å². The summed E-state index contributed by atoms with van der Waals surface area (Å²) in [5.74, 6) is -0.141. The number of benzene rings is 1. The molecular weight excluding hydrogens is 292 g/mol. The Bertz CT molecular complexity index is 536. The monoisotopic (exact) mass is 318 g/mol. The molecule has 126 valence electrons. The van der Waals surface area contributed by atoms with Gasteiger partial charge in [0.1, 0.15) is 0 Å². The summed E-state index contributed by atoms with van der Waals surface area (Å²) < 4.78 is 0. The first kappa shape index (κ1) is 17.5. The lowest BCUT2D eigenvalue weighted by molar-refractivity contribution is -0.139. The zero-order chi connectivity index (χ0) is 16.9. The van der Waals surface area contributed by atoms with Gasteiger partial charge < -0.3 is 15.3 Å². The maximum Gasteiger partial charge on any atom is 0.230 e. The zero-order valence-corrected chi connectivity index (χ0v) is 13.9. The molecule has 1 atom stereocenters. The Hall–Kier alpha value is -1.88. The first-order valence-electron chi connectivity index (χ1n) is 8.16. The van der Waals surface area contributed by atoms with Gasteiger partial charge in [0.2, 0.25) is 11.8 Å². The van der Waals surface area contributed by atoms with Crippen molar-refractivity contribution < 1.29 is 14.7 Å². The molecule has 2 rings (SSSR count). The van der Waals surface area contributed by atoms with Crippen molar-refractivity contribution in [1.29, 1.82) is 0 Å². The highest BCUT2D eigenvalue weighted by Gasteiger charge is 2.42. The van der Waals surface area contributed by atoms with E-state index in [0.717, 1.165) is 31.2 Å². The van der Waals surface area contributed by atoms with Gasteiger partial charge >= 0.3 is 0 Å². The third kappa shape index (κ3) is 4.32. The fourth-order valence-electron chi connectivity index (χ4n) is 3.30. The maximum atomic E-state index is 12.4. The fourth-order valence-corrected chi connectivity index (χ4v) is 3.30. The number of carbonyl (C=O) groups is 2. The van der Waals surface area contributed by atoms with Crippen molar-refractivity contribution >= 4 is 11.8 Å². The molecule has 5 nitrogen and oxygen atoms in total. The van der Waals surface area contributed by atoms with Crippen molar-refractivity contribution in [3.05, 3.63) is 35.9 Å². The average molecular weight is 318 g/mol. The van der Waals surface area contributed by atoms with Crippen LogP contribution in [-0.4, -0.2) is 42.5 Å². The highest BCUT2D eigenvalue weighted by Crippen LogP contribution is 2.39. The van der Waals surface area contributed by atoms with Crippen LogP contribution < -0.4 is 5.32 Å². The van der Waals surface area contributed by atoms with Crippen LogP contribution in [0.1, 0.15) is 43.8 Å². The molecule has 5 heteroatoms. The molecule has 0 heterocycles. The summed E-state index contributed by atoms with van der Waals surface area (Å²) >= 11 is 0. The number of aliphatic hydroxyl groups excluding tert-OH is 1. The third-order valence-electron chi connectivity index (χ3n) is 4.61.